The maximum atomic E-state index is 13.3. The van der Waals surface area contributed by atoms with Gasteiger partial charge in [-0.15, -0.1) is 0 Å². The summed E-state index contributed by atoms with van der Waals surface area (Å²) in [6, 6.07) is 18.9. The van der Waals surface area contributed by atoms with Crippen LogP contribution in [-0.2, 0) is 5.75 Å². The van der Waals surface area contributed by atoms with Crippen molar-refractivity contribution >= 4 is 62.5 Å². The van der Waals surface area contributed by atoms with Crippen LogP contribution in [0.3, 0.4) is 0 Å². The minimum Gasteiger partial charge on any atom is -0.268 e. The quantitative estimate of drug-likeness (QED) is 0.103. The number of fused-ring (bicyclic) bond motifs is 1. The molecule has 0 radical (unpaired) electrons. The second kappa shape index (κ2) is 8.75. The number of thioether (sulfide) groups is 1. The van der Waals surface area contributed by atoms with Crippen molar-refractivity contribution in [3.63, 3.8) is 0 Å². The third kappa shape index (κ3) is 4.35. The minimum atomic E-state index is -0.429. The average Bonchev–Trinajstić information content (AvgIpc) is 2.74. The van der Waals surface area contributed by atoms with E-state index >= 15 is 0 Å². The first-order valence-electron chi connectivity index (χ1n) is 8.77. The molecule has 0 saturated heterocycles. The van der Waals surface area contributed by atoms with Crippen LogP contribution in [0.4, 0.5) is 5.69 Å². The van der Waals surface area contributed by atoms with E-state index in [0.717, 1.165) is 9.13 Å². The number of benzene rings is 3. The number of hydrogen-bond donors (Lipinski definition) is 0. The van der Waals surface area contributed by atoms with Gasteiger partial charge in [-0.05, 0) is 70.6 Å². The molecule has 0 spiro atoms. The van der Waals surface area contributed by atoms with E-state index < -0.39 is 4.92 Å². The standard InChI is InChI=1S/C21H13ClIN3O3S/c22-14-3-8-16(9-4-14)25-20(27)18-11-15(23)5-10-19(18)24-21(25)30-12-13-1-6-17(7-2-13)26(28)29/h1-11H,12H2. The molecule has 0 saturated carbocycles. The second-order valence-corrected chi connectivity index (χ2v) is 9.01. The number of nitrogens with zero attached hydrogens (tertiary/aromatic N) is 3. The molecular formula is C21H13ClIN3O3S. The zero-order chi connectivity index (χ0) is 21.3. The first-order chi connectivity index (χ1) is 14.4. The highest BCUT2D eigenvalue weighted by Crippen LogP contribution is 2.26. The van der Waals surface area contributed by atoms with Crippen molar-refractivity contribution in [2.24, 2.45) is 0 Å². The van der Waals surface area contributed by atoms with E-state index in [4.69, 9.17) is 16.6 Å². The van der Waals surface area contributed by atoms with Crippen LogP contribution in [-0.4, -0.2) is 14.5 Å². The van der Waals surface area contributed by atoms with Crippen molar-refractivity contribution in [2.75, 3.05) is 0 Å². The molecule has 0 aliphatic rings. The Kier molecular flexibility index (Phi) is 6.07. The number of nitro groups is 1. The molecule has 0 N–H and O–H groups in total. The predicted molar refractivity (Wildman–Crippen MR) is 128 cm³/mol. The maximum absolute atomic E-state index is 13.3. The monoisotopic (exact) mass is 549 g/mol. The summed E-state index contributed by atoms with van der Waals surface area (Å²) in [6.45, 7) is 0. The molecule has 0 bridgehead atoms. The first kappa shape index (κ1) is 20.8. The zero-order valence-electron chi connectivity index (χ0n) is 15.3. The molecule has 9 heteroatoms. The van der Waals surface area contributed by atoms with Crippen molar-refractivity contribution in [2.45, 2.75) is 10.9 Å². The van der Waals surface area contributed by atoms with Crippen LogP contribution >= 0.6 is 46.0 Å². The minimum absolute atomic E-state index is 0.0419. The fourth-order valence-electron chi connectivity index (χ4n) is 2.91. The van der Waals surface area contributed by atoms with E-state index in [-0.39, 0.29) is 11.2 Å². The topological polar surface area (TPSA) is 78.0 Å². The van der Waals surface area contributed by atoms with Crippen molar-refractivity contribution in [1.82, 2.24) is 9.55 Å². The summed E-state index contributed by atoms with van der Waals surface area (Å²) in [5.74, 6) is 0.508. The maximum Gasteiger partial charge on any atom is 0.269 e. The smallest absolute Gasteiger partial charge is 0.268 e. The number of halogens is 2. The molecule has 1 heterocycles. The number of nitro benzene ring substituents is 1. The van der Waals surface area contributed by atoms with Gasteiger partial charge in [0.25, 0.3) is 11.2 Å². The number of non-ortho nitro benzene ring substituents is 1. The normalized spacial score (nSPS) is 11.0. The van der Waals surface area contributed by atoms with E-state index in [1.165, 1.54) is 23.9 Å². The Labute approximate surface area is 194 Å². The Bertz CT molecular complexity index is 1310. The van der Waals surface area contributed by atoms with Gasteiger partial charge in [0, 0.05) is 26.5 Å². The van der Waals surface area contributed by atoms with Crippen LogP contribution < -0.4 is 5.56 Å². The Morgan fingerprint density at radius 2 is 1.77 bits per heavy atom. The number of hydrogen-bond acceptors (Lipinski definition) is 5. The van der Waals surface area contributed by atoms with Crippen LogP contribution in [0, 0.1) is 13.7 Å². The van der Waals surface area contributed by atoms with Gasteiger partial charge in [0.2, 0.25) is 0 Å². The van der Waals surface area contributed by atoms with Crippen LogP contribution in [0.15, 0.2) is 76.7 Å². The highest BCUT2D eigenvalue weighted by Gasteiger charge is 2.14. The summed E-state index contributed by atoms with van der Waals surface area (Å²) in [6.07, 6.45) is 0. The van der Waals surface area contributed by atoms with Crippen LogP contribution in [0.2, 0.25) is 5.02 Å². The first-order valence-corrected chi connectivity index (χ1v) is 11.2. The second-order valence-electron chi connectivity index (χ2n) is 6.39. The SMILES string of the molecule is O=c1c2cc(I)ccc2nc(SCc2ccc([N+](=O)[O-])cc2)n1-c1ccc(Cl)cc1. The molecule has 4 aromatic rings. The summed E-state index contributed by atoms with van der Waals surface area (Å²) in [4.78, 5) is 28.5. The summed E-state index contributed by atoms with van der Waals surface area (Å²) < 4.78 is 2.53. The fraction of sp³-hybridized carbons (Fsp3) is 0.0476. The van der Waals surface area contributed by atoms with Gasteiger partial charge < -0.3 is 0 Å². The van der Waals surface area contributed by atoms with Crippen LogP contribution in [0.1, 0.15) is 5.56 Å². The Morgan fingerprint density at radius 3 is 2.43 bits per heavy atom. The highest BCUT2D eigenvalue weighted by molar-refractivity contribution is 14.1. The molecule has 0 unspecified atom stereocenters. The van der Waals surface area contributed by atoms with Gasteiger partial charge in [-0.3, -0.25) is 19.5 Å². The fourth-order valence-corrected chi connectivity index (χ4v) is 4.50. The molecule has 0 aliphatic heterocycles. The molecule has 0 amide bonds. The third-order valence-corrected chi connectivity index (χ3v) is 6.33. The molecular weight excluding hydrogens is 537 g/mol. The lowest BCUT2D eigenvalue weighted by Crippen LogP contribution is -2.21. The summed E-state index contributed by atoms with van der Waals surface area (Å²) in [5.41, 5.74) is 2.07. The van der Waals surface area contributed by atoms with Crippen molar-refractivity contribution in [3.8, 4) is 5.69 Å². The highest BCUT2D eigenvalue weighted by atomic mass is 127. The zero-order valence-corrected chi connectivity index (χ0v) is 19.0. The summed E-state index contributed by atoms with van der Waals surface area (Å²) in [5, 5.41) is 12.5. The largest absolute Gasteiger partial charge is 0.269 e. The van der Waals surface area contributed by atoms with Gasteiger partial charge in [0.05, 0.1) is 21.5 Å². The van der Waals surface area contributed by atoms with Crippen molar-refractivity contribution < 1.29 is 4.92 Å². The summed E-state index contributed by atoms with van der Waals surface area (Å²) >= 11 is 9.58. The summed E-state index contributed by atoms with van der Waals surface area (Å²) in [7, 11) is 0. The van der Waals surface area contributed by atoms with Crippen LogP contribution in [0.25, 0.3) is 16.6 Å². The van der Waals surface area contributed by atoms with E-state index in [9.17, 15) is 14.9 Å². The molecule has 0 fully saturated rings. The molecule has 6 nitrogen and oxygen atoms in total. The van der Waals surface area contributed by atoms with Crippen molar-refractivity contribution in [3.05, 3.63) is 101 Å². The van der Waals surface area contributed by atoms with Gasteiger partial charge >= 0.3 is 0 Å². The number of aromatic nitrogens is 2. The number of rotatable bonds is 5. The lowest BCUT2D eigenvalue weighted by atomic mass is 10.2. The van der Waals surface area contributed by atoms with Gasteiger partial charge in [0.1, 0.15) is 0 Å². The average molecular weight is 550 g/mol. The molecule has 0 atom stereocenters. The Hall–Kier alpha value is -2.43. The molecule has 3 aromatic carbocycles. The molecule has 30 heavy (non-hydrogen) atoms. The van der Waals surface area contributed by atoms with Gasteiger partial charge in [-0.1, -0.05) is 35.5 Å². The van der Waals surface area contributed by atoms with E-state index in [1.807, 2.05) is 18.2 Å². The Morgan fingerprint density at radius 1 is 1.07 bits per heavy atom. The third-order valence-electron chi connectivity index (χ3n) is 4.40. The lowest BCUT2D eigenvalue weighted by molar-refractivity contribution is -0.384. The van der Waals surface area contributed by atoms with Gasteiger partial charge in [-0.2, -0.15) is 0 Å². The van der Waals surface area contributed by atoms with Gasteiger partial charge in [-0.25, -0.2) is 4.98 Å². The molecule has 4 rings (SSSR count). The van der Waals surface area contributed by atoms with E-state index in [2.05, 4.69) is 22.6 Å². The van der Waals surface area contributed by atoms with Crippen LogP contribution in [0.5, 0.6) is 0 Å². The van der Waals surface area contributed by atoms with E-state index in [1.54, 1.807) is 41.0 Å². The molecule has 0 aliphatic carbocycles. The lowest BCUT2D eigenvalue weighted by Gasteiger charge is -2.13. The molecule has 150 valence electrons. The van der Waals surface area contributed by atoms with Gasteiger partial charge in [0.15, 0.2) is 5.16 Å². The van der Waals surface area contributed by atoms with Crippen molar-refractivity contribution in [1.29, 1.82) is 0 Å². The molecule has 1 aromatic heterocycles. The predicted octanol–water partition coefficient (Wildman–Crippen LogP) is 5.84. The van der Waals surface area contributed by atoms with E-state index in [0.29, 0.717) is 32.5 Å². The Balaban J connectivity index is 1.78.